The van der Waals surface area contributed by atoms with E-state index in [9.17, 15) is 18.0 Å². The number of carboxylic acid groups (broad SMARTS) is 1. The summed E-state index contributed by atoms with van der Waals surface area (Å²) in [6.45, 7) is 2.92. The highest BCUT2D eigenvalue weighted by atomic mass is 32.1. The summed E-state index contributed by atoms with van der Waals surface area (Å²) in [6, 6.07) is 7.62. The second-order valence-electron chi connectivity index (χ2n) is 6.84. The molecule has 0 bridgehead atoms. The van der Waals surface area contributed by atoms with E-state index < -0.39 is 18.2 Å². The molecule has 1 aromatic carbocycles. The molecule has 0 aliphatic carbocycles. The second kappa shape index (κ2) is 12.4. The van der Waals surface area contributed by atoms with E-state index in [0.29, 0.717) is 24.8 Å². The highest BCUT2D eigenvalue weighted by molar-refractivity contribution is 7.13. The van der Waals surface area contributed by atoms with Crippen LogP contribution in [-0.2, 0) is 20.9 Å². The van der Waals surface area contributed by atoms with Crippen LogP contribution < -0.4 is 10.6 Å². The van der Waals surface area contributed by atoms with Crippen LogP contribution in [0.4, 0.5) is 23.7 Å². The minimum atomic E-state index is -5.08. The molecule has 8 nitrogen and oxygen atoms in total. The van der Waals surface area contributed by atoms with E-state index in [0.717, 1.165) is 42.2 Å². The fourth-order valence-electron chi connectivity index (χ4n) is 2.81. The van der Waals surface area contributed by atoms with E-state index in [-0.39, 0.29) is 0 Å². The number of rotatable bonds is 6. The molecule has 3 N–H and O–H groups in total. The molecule has 1 aliphatic rings. The number of ether oxygens (including phenoxy) is 2. The summed E-state index contributed by atoms with van der Waals surface area (Å²) in [7, 11) is 1.65. The number of carboxylic acids is 1. The summed E-state index contributed by atoms with van der Waals surface area (Å²) >= 11 is 1.53. The van der Waals surface area contributed by atoms with Gasteiger partial charge in [0.2, 0.25) is 0 Å². The molecular formula is C20H24F3N3O5S. The number of halogens is 3. The lowest BCUT2D eigenvalue weighted by atomic mass is 9.99. The average Bonchev–Trinajstić information content (AvgIpc) is 3.22. The number of nitrogens with one attached hydrogen (secondary N) is 2. The van der Waals surface area contributed by atoms with E-state index in [4.69, 9.17) is 19.4 Å². The molecular weight excluding hydrogens is 451 g/mol. The molecule has 0 saturated carbocycles. The van der Waals surface area contributed by atoms with E-state index in [1.807, 2.05) is 29.6 Å². The van der Waals surface area contributed by atoms with Gasteiger partial charge in [0.1, 0.15) is 5.01 Å². The summed E-state index contributed by atoms with van der Waals surface area (Å²) < 4.78 is 42.3. The number of piperidine rings is 1. The maximum absolute atomic E-state index is 12.2. The van der Waals surface area contributed by atoms with Crippen molar-refractivity contribution in [3.8, 4) is 10.6 Å². The number of alkyl halides is 3. The monoisotopic (exact) mass is 475 g/mol. The Morgan fingerprint density at radius 2 is 1.94 bits per heavy atom. The van der Waals surface area contributed by atoms with Crippen LogP contribution in [-0.4, -0.2) is 55.1 Å². The van der Waals surface area contributed by atoms with Gasteiger partial charge in [-0.2, -0.15) is 13.2 Å². The fourth-order valence-corrected chi connectivity index (χ4v) is 3.65. The van der Waals surface area contributed by atoms with Gasteiger partial charge in [-0.1, -0.05) is 12.1 Å². The van der Waals surface area contributed by atoms with Gasteiger partial charge in [0.15, 0.2) is 0 Å². The van der Waals surface area contributed by atoms with Crippen LogP contribution in [0.25, 0.3) is 10.6 Å². The first-order valence-corrected chi connectivity index (χ1v) is 10.6. The SMILES string of the molecule is COCc1csc(-c2ccccc2NC(=O)OCC2CCNCC2)n1.O=C(O)C(F)(F)F. The van der Waals surface area contributed by atoms with Gasteiger partial charge in [0, 0.05) is 18.1 Å². The van der Waals surface area contributed by atoms with Crippen LogP contribution in [0.1, 0.15) is 18.5 Å². The number of carbonyl (C=O) groups is 2. The summed E-state index contributed by atoms with van der Waals surface area (Å²) in [5, 5.41) is 16.1. The van der Waals surface area contributed by atoms with Crippen molar-refractivity contribution < 1.29 is 37.3 Å². The van der Waals surface area contributed by atoms with E-state index >= 15 is 0 Å². The van der Waals surface area contributed by atoms with Gasteiger partial charge in [-0.25, -0.2) is 14.6 Å². The lowest BCUT2D eigenvalue weighted by molar-refractivity contribution is -0.192. The molecule has 1 fully saturated rings. The maximum Gasteiger partial charge on any atom is 0.490 e. The van der Waals surface area contributed by atoms with E-state index in [1.165, 1.54) is 11.3 Å². The maximum atomic E-state index is 12.2. The summed E-state index contributed by atoms with van der Waals surface area (Å²) in [6.07, 6.45) is -3.41. The molecule has 32 heavy (non-hydrogen) atoms. The second-order valence-corrected chi connectivity index (χ2v) is 7.70. The highest BCUT2D eigenvalue weighted by Crippen LogP contribution is 2.30. The number of thiazole rings is 1. The number of methoxy groups -OCH3 is 1. The molecule has 1 aliphatic heterocycles. The topological polar surface area (TPSA) is 110 Å². The highest BCUT2D eigenvalue weighted by Gasteiger charge is 2.38. The molecule has 1 aromatic heterocycles. The van der Waals surface area contributed by atoms with Crippen molar-refractivity contribution in [3.63, 3.8) is 0 Å². The quantitative estimate of drug-likeness (QED) is 0.576. The zero-order chi connectivity index (χ0) is 23.6. The molecule has 176 valence electrons. The third-order valence-electron chi connectivity index (χ3n) is 4.39. The van der Waals surface area contributed by atoms with Crippen LogP contribution in [0.15, 0.2) is 29.6 Å². The van der Waals surface area contributed by atoms with E-state index in [2.05, 4.69) is 15.6 Å². The molecule has 1 amide bonds. The number of anilines is 1. The molecule has 1 saturated heterocycles. The Labute approximate surface area is 186 Å². The normalized spacial score (nSPS) is 14.2. The van der Waals surface area contributed by atoms with Crippen LogP contribution in [0.3, 0.4) is 0 Å². The van der Waals surface area contributed by atoms with Gasteiger partial charge < -0.3 is 19.9 Å². The third kappa shape index (κ3) is 8.44. The fraction of sp³-hybridized carbons (Fsp3) is 0.450. The summed E-state index contributed by atoms with van der Waals surface area (Å²) in [5.74, 6) is -2.31. The third-order valence-corrected chi connectivity index (χ3v) is 5.31. The molecule has 0 unspecified atom stereocenters. The van der Waals surface area contributed by atoms with E-state index in [1.54, 1.807) is 7.11 Å². The van der Waals surface area contributed by atoms with Crippen molar-refractivity contribution in [2.24, 2.45) is 5.92 Å². The Kier molecular flexibility index (Phi) is 9.88. The van der Waals surface area contributed by atoms with Gasteiger partial charge in [-0.3, -0.25) is 5.32 Å². The van der Waals surface area contributed by atoms with Gasteiger partial charge in [0.25, 0.3) is 0 Å². The van der Waals surface area contributed by atoms with Crippen molar-refractivity contribution in [2.45, 2.75) is 25.6 Å². The predicted octanol–water partition coefficient (Wildman–Crippen LogP) is 4.14. The van der Waals surface area contributed by atoms with Crippen molar-refractivity contribution in [2.75, 3.05) is 32.1 Å². The van der Waals surface area contributed by atoms with Crippen molar-refractivity contribution in [1.82, 2.24) is 10.3 Å². The van der Waals surface area contributed by atoms with Crippen LogP contribution in [0.2, 0.25) is 0 Å². The Morgan fingerprint density at radius 3 is 2.56 bits per heavy atom. The Hall–Kier alpha value is -2.70. The Morgan fingerprint density at radius 1 is 1.28 bits per heavy atom. The average molecular weight is 475 g/mol. The molecule has 0 atom stereocenters. The lowest BCUT2D eigenvalue weighted by Crippen LogP contribution is -2.31. The number of hydrogen-bond donors (Lipinski definition) is 3. The number of aliphatic carboxylic acids is 1. The molecule has 0 radical (unpaired) electrons. The number of para-hydroxylation sites is 1. The zero-order valence-electron chi connectivity index (χ0n) is 17.3. The predicted molar refractivity (Wildman–Crippen MR) is 113 cm³/mol. The standard InChI is InChI=1S/C18H23N3O3S.C2HF3O2/c1-23-11-14-12-25-17(20-14)15-4-2-3-5-16(15)21-18(22)24-10-13-6-8-19-9-7-13;3-2(4,5)1(6)7/h2-5,12-13,19H,6-11H2,1H3,(H,21,22);(H,6,7). The number of amides is 1. The number of aromatic nitrogens is 1. The van der Waals surface area contributed by atoms with Crippen LogP contribution in [0, 0.1) is 5.92 Å². The Balaban J connectivity index is 0.000000451. The van der Waals surface area contributed by atoms with Gasteiger partial charge >= 0.3 is 18.2 Å². The minimum absolute atomic E-state index is 0.417. The van der Waals surface area contributed by atoms with Crippen molar-refractivity contribution in [3.05, 3.63) is 35.3 Å². The zero-order valence-corrected chi connectivity index (χ0v) is 18.1. The first-order chi connectivity index (χ1) is 15.2. The number of benzene rings is 1. The Bertz CT molecular complexity index is 885. The number of carbonyl (C=O) groups excluding carboxylic acids is 1. The minimum Gasteiger partial charge on any atom is -0.475 e. The number of hydrogen-bond acceptors (Lipinski definition) is 7. The largest absolute Gasteiger partial charge is 0.490 e. The van der Waals surface area contributed by atoms with Gasteiger partial charge in [0.05, 0.1) is 24.6 Å². The smallest absolute Gasteiger partial charge is 0.475 e. The van der Waals surface area contributed by atoms with Crippen molar-refractivity contribution in [1.29, 1.82) is 0 Å². The van der Waals surface area contributed by atoms with Gasteiger partial charge in [-0.15, -0.1) is 11.3 Å². The molecule has 2 aromatic rings. The van der Waals surface area contributed by atoms with Crippen LogP contribution >= 0.6 is 11.3 Å². The van der Waals surface area contributed by atoms with Crippen molar-refractivity contribution >= 4 is 29.1 Å². The number of nitrogens with zero attached hydrogens (tertiary/aromatic N) is 1. The lowest BCUT2D eigenvalue weighted by Gasteiger charge is -2.22. The van der Waals surface area contributed by atoms with Gasteiger partial charge in [-0.05, 0) is 44.0 Å². The molecule has 0 spiro atoms. The first kappa shape index (κ1) is 25.6. The summed E-state index contributed by atoms with van der Waals surface area (Å²) in [5.41, 5.74) is 2.47. The molecule has 12 heteroatoms. The molecule has 2 heterocycles. The first-order valence-electron chi connectivity index (χ1n) is 9.68. The van der Waals surface area contributed by atoms with Crippen LogP contribution in [0.5, 0.6) is 0 Å². The molecule has 3 rings (SSSR count). The summed E-state index contributed by atoms with van der Waals surface area (Å²) in [4.78, 5) is 25.6.